The van der Waals surface area contributed by atoms with Crippen molar-refractivity contribution in [2.45, 2.75) is 51.9 Å². The van der Waals surface area contributed by atoms with Crippen molar-refractivity contribution in [3.8, 4) is 6.07 Å². The minimum absolute atomic E-state index is 0.368. The first kappa shape index (κ1) is 9.58. The van der Waals surface area contributed by atoms with Gasteiger partial charge in [-0.1, -0.05) is 32.6 Å². The molecule has 1 nitrogen and oxygen atoms in total. The van der Waals surface area contributed by atoms with Crippen molar-refractivity contribution in [3.63, 3.8) is 0 Å². The molecule has 0 saturated heterocycles. The minimum Gasteiger partial charge on any atom is -0.198 e. The van der Waals surface area contributed by atoms with Crippen LogP contribution in [-0.4, -0.2) is 0 Å². The van der Waals surface area contributed by atoms with Gasteiger partial charge >= 0.3 is 0 Å². The molecule has 12 heavy (non-hydrogen) atoms. The zero-order valence-corrected chi connectivity index (χ0v) is 8.05. The number of hydrogen-bond donors (Lipinski definition) is 0. The van der Waals surface area contributed by atoms with E-state index in [1.165, 1.54) is 38.5 Å². The third-order valence-corrected chi connectivity index (χ3v) is 3.00. The van der Waals surface area contributed by atoms with E-state index in [2.05, 4.69) is 13.0 Å². The second-order valence-corrected chi connectivity index (χ2v) is 3.92. The Bertz CT molecular complexity index is 151. The van der Waals surface area contributed by atoms with Crippen LogP contribution < -0.4 is 0 Å². The van der Waals surface area contributed by atoms with Crippen molar-refractivity contribution in [3.05, 3.63) is 0 Å². The molecule has 0 N–H and O–H groups in total. The van der Waals surface area contributed by atoms with Gasteiger partial charge in [-0.2, -0.15) is 5.26 Å². The van der Waals surface area contributed by atoms with Gasteiger partial charge in [0.1, 0.15) is 0 Å². The molecule has 0 amide bonds. The van der Waals surface area contributed by atoms with Crippen LogP contribution in [0, 0.1) is 23.2 Å². The predicted octanol–water partition coefficient (Wildman–Crippen LogP) is 3.51. The highest BCUT2D eigenvalue weighted by Gasteiger charge is 2.23. The topological polar surface area (TPSA) is 23.8 Å². The molecule has 1 saturated carbocycles. The maximum atomic E-state index is 8.96. The molecule has 1 aliphatic carbocycles. The summed E-state index contributed by atoms with van der Waals surface area (Å²) in [5.74, 6) is 1.11. The molecule has 0 aliphatic heterocycles. The summed E-state index contributed by atoms with van der Waals surface area (Å²) in [7, 11) is 0. The van der Waals surface area contributed by atoms with Gasteiger partial charge in [0.15, 0.2) is 0 Å². The van der Waals surface area contributed by atoms with E-state index in [0.717, 1.165) is 12.3 Å². The molecule has 0 aromatic carbocycles. The first-order chi connectivity index (χ1) is 5.88. The summed E-state index contributed by atoms with van der Waals surface area (Å²) in [4.78, 5) is 0. The first-order valence-electron chi connectivity index (χ1n) is 5.28. The van der Waals surface area contributed by atoms with Gasteiger partial charge in [0.25, 0.3) is 0 Å². The second-order valence-electron chi connectivity index (χ2n) is 3.92. The van der Waals surface area contributed by atoms with Gasteiger partial charge in [-0.3, -0.25) is 0 Å². The smallest absolute Gasteiger partial charge is 0.0658 e. The monoisotopic (exact) mass is 165 g/mol. The van der Waals surface area contributed by atoms with E-state index >= 15 is 0 Å². The van der Waals surface area contributed by atoms with Gasteiger partial charge in [-0.15, -0.1) is 0 Å². The van der Waals surface area contributed by atoms with Crippen molar-refractivity contribution in [2.75, 3.05) is 0 Å². The van der Waals surface area contributed by atoms with Gasteiger partial charge < -0.3 is 0 Å². The van der Waals surface area contributed by atoms with Gasteiger partial charge in [-0.25, -0.2) is 0 Å². The molecule has 0 aromatic heterocycles. The Balaban J connectivity index is 2.29. The fourth-order valence-electron chi connectivity index (χ4n) is 2.19. The maximum absolute atomic E-state index is 8.96. The highest BCUT2D eigenvalue weighted by atomic mass is 14.3. The minimum atomic E-state index is 0.368. The number of nitrogens with zero attached hydrogens (tertiary/aromatic N) is 1. The van der Waals surface area contributed by atoms with Crippen LogP contribution in [0.25, 0.3) is 0 Å². The Morgan fingerprint density at radius 2 is 2.08 bits per heavy atom. The van der Waals surface area contributed by atoms with Gasteiger partial charge in [0.2, 0.25) is 0 Å². The molecule has 0 aromatic rings. The van der Waals surface area contributed by atoms with E-state index in [9.17, 15) is 0 Å². The van der Waals surface area contributed by atoms with Crippen LogP contribution in [0.2, 0.25) is 0 Å². The molecule has 68 valence electrons. The van der Waals surface area contributed by atoms with Crippen LogP contribution in [-0.2, 0) is 0 Å². The number of hydrogen-bond acceptors (Lipinski definition) is 1. The van der Waals surface area contributed by atoms with Crippen molar-refractivity contribution < 1.29 is 0 Å². The van der Waals surface area contributed by atoms with E-state index in [0.29, 0.717) is 5.92 Å². The highest BCUT2D eigenvalue weighted by Crippen LogP contribution is 2.33. The average Bonchev–Trinajstić information content (AvgIpc) is 2.59. The van der Waals surface area contributed by atoms with Gasteiger partial charge in [0, 0.05) is 5.92 Å². The molecule has 1 fully saturated rings. The van der Waals surface area contributed by atoms with Crippen LogP contribution in [0.5, 0.6) is 0 Å². The van der Waals surface area contributed by atoms with Crippen molar-refractivity contribution in [1.82, 2.24) is 0 Å². The Kier molecular flexibility index (Phi) is 4.14. The summed E-state index contributed by atoms with van der Waals surface area (Å²) in [6.07, 6.45) is 8.92. The Morgan fingerprint density at radius 1 is 1.42 bits per heavy atom. The molecule has 1 heteroatoms. The Hall–Kier alpha value is -0.510. The SMILES string of the molecule is CCCCC(C#N)C1CCCC1. The molecule has 1 aliphatic rings. The lowest BCUT2D eigenvalue weighted by molar-refractivity contribution is 0.382. The molecule has 1 unspecified atom stereocenters. The van der Waals surface area contributed by atoms with Crippen LogP contribution >= 0.6 is 0 Å². The molecule has 0 bridgehead atoms. The third-order valence-electron chi connectivity index (χ3n) is 3.00. The molecule has 0 spiro atoms. The summed E-state index contributed by atoms with van der Waals surface area (Å²) in [5, 5.41) is 8.96. The number of unbranched alkanes of at least 4 members (excludes halogenated alkanes) is 1. The molecular weight excluding hydrogens is 146 g/mol. The van der Waals surface area contributed by atoms with Crippen molar-refractivity contribution >= 4 is 0 Å². The van der Waals surface area contributed by atoms with Crippen molar-refractivity contribution in [1.29, 1.82) is 5.26 Å². The second kappa shape index (κ2) is 5.19. The summed E-state index contributed by atoms with van der Waals surface area (Å²) < 4.78 is 0. The van der Waals surface area contributed by atoms with Gasteiger partial charge in [-0.05, 0) is 25.2 Å². The summed E-state index contributed by atoms with van der Waals surface area (Å²) >= 11 is 0. The van der Waals surface area contributed by atoms with Crippen molar-refractivity contribution in [2.24, 2.45) is 11.8 Å². The predicted molar refractivity (Wildman–Crippen MR) is 50.6 cm³/mol. The fourth-order valence-corrected chi connectivity index (χ4v) is 2.19. The van der Waals surface area contributed by atoms with Crippen LogP contribution in [0.1, 0.15) is 51.9 Å². The molecule has 1 atom stereocenters. The third kappa shape index (κ3) is 2.52. The van der Waals surface area contributed by atoms with E-state index in [1.807, 2.05) is 0 Å². The van der Waals surface area contributed by atoms with E-state index in [-0.39, 0.29) is 0 Å². The lowest BCUT2D eigenvalue weighted by Gasteiger charge is -2.15. The van der Waals surface area contributed by atoms with E-state index in [1.54, 1.807) is 0 Å². The summed E-state index contributed by atoms with van der Waals surface area (Å²) in [6, 6.07) is 2.48. The Morgan fingerprint density at radius 3 is 2.58 bits per heavy atom. The van der Waals surface area contributed by atoms with E-state index in [4.69, 9.17) is 5.26 Å². The average molecular weight is 165 g/mol. The number of nitriles is 1. The summed E-state index contributed by atoms with van der Waals surface area (Å²) in [6.45, 7) is 2.20. The Labute approximate surface area is 75.8 Å². The lowest BCUT2D eigenvalue weighted by atomic mass is 9.88. The molecule has 0 heterocycles. The molecule has 0 radical (unpaired) electrons. The largest absolute Gasteiger partial charge is 0.198 e. The zero-order valence-electron chi connectivity index (χ0n) is 8.05. The van der Waals surface area contributed by atoms with Crippen LogP contribution in [0.4, 0.5) is 0 Å². The lowest BCUT2D eigenvalue weighted by Crippen LogP contribution is -2.09. The van der Waals surface area contributed by atoms with Crippen LogP contribution in [0.3, 0.4) is 0 Å². The van der Waals surface area contributed by atoms with E-state index < -0.39 is 0 Å². The zero-order chi connectivity index (χ0) is 8.81. The molecule has 1 rings (SSSR count). The standard InChI is InChI=1S/C11H19N/c1-2-3-6-11(9-12)10-7-4-5-8-10/h10-11H,2-8H2,1H3. The highest BCUT2D eigenvalue weighted by molar-refractivity contribution is 4.89. The first-order valence-corrected chi connectivity index (χ1v) is 5.28. The number of rotatable bonds is 4. The van der Waals surface area contributed by atoms with Crippen LogP contribution in [0.15, 0.2) is 0 Å². The fraction of sp³-hybridized carbons (Fsp3) is 0.909. The maximum Gasteiger partial charge on any atom is 0.0658 e. The summed E-state index contributed by atoms with van der Waals surface area (Å²) in [5.41, 5.74) is 0. The molecular formula is C11H19N. The quantitative estimate of drug-likeness (QED) is 0.625. The normalized spacial score (nSPS) is 20.7. The van der Waals surface area contributed by atoms with Gasteiger partial charge in [0.05, 0.1) is 6.07 Å².